The highest BCUT2D eigenvalue weighted by molar-refractivity contribution is 7.09. The van der Waals surface area contributed by atoms with Gasteiger partial charge in [-0.1, -0.05) is 20.4 Å². The van der Waals surface area contributed by atoms with Crippen LogP contribution in [0.15, 0.2) is 18.0 Å². The molecule has 1 aromatic heterocycles. The van der Waals surface area contributed by atoms with Crippen LogP contribution in [0.5, 0.6) is 0 Å². The lowest BCUT2D eigenvalue weighted by molar-refractivity contribution is 0.104. The minimum absolute atomic E-state index is 0.0989. The summed E-state index contributed by atoms with van der Waals surface area (Å²) in [6, 6.07) is 0. The van der Waals surface area contributed by atoms with Gasteiger partial charge < -0.3 is 0 Å². The van der Waals surface area contributed by atoms with E-state index >= 15 is 0 Å². The molecule has 0 saturated heterocycles. The SMILES string of the molecule is C=CC(=O)c1csc(C(C)C)n1. The molecule has 1 heterocycles. The normalized spacial score (nSPS) is 10.2. The van der Waals surface area contributed by atoms with Gasteiger partial charge in [-0.15, -0.1) is 11.3 Å². The Morgan fingerprint density at radius 1 is 1.75 bits per heavy atom. The predicted octanol–water partition coefficient (Wildman–Crippen LogP) is 2.64. The second-order valence-electron chi connectivity index (χ2n) is 2.79. The molecule has 1 aromatic rings. The fourth-order valence-corrected chi connectivity index (χ4v) is 1.59. The largest absolute Gasteiger partial charge is 0.288 e. The van der Waals surface area contributed by atoms with E-state index in [4.69, 9.17) is 0 Å². The first-order valence-corrected chi connectivity index (χ1v) is 4.65. The lowest BCUT2D eigenvalue weighted by atomic mass is 10.2. The molecule has 0 bridgehead atoms. The average Bonchev–Trinajstić information content (AvgIpc) is 2.51. The van der Waals surface area contributed by atoms with Crippen LogP contribution in [0.25, 0.3) is 0 Å². The topological polar surface area (TPSA) is 30.0 Å². The van der Waals surface area contributed by atoms with Crippen molar-refractivity contribution in [3.8, 4) is 0 Å². The smallest absolute Gasteiger partial charge is 0.204 e. The van der Waals surface area contributed by atoms with E-state index in [0.29, 0.717) is 11.6 Å². The molecule has 2 nitrogen and oxygen atoms in total. The Morgan fingerprint density at radius 3 is 2.83 bits per heavy atom. The Balaban J connectivity index is 2.91. The van der Waals surface area contributed by atoms with E-state index in [1.165, 1.54) is 17.4 Å². The third-order valence-electron chi connectivity index (χ3n) is 1.45. The molecule has 3 heteroatoms. The van der Waals surface area contributed by atoms with Crippen LogP contribution in [0.2, 0.25) is 0 Å². The summed E-state index contributed by atoms with van der Waals surface area (Å²) in [6.45, 7) is 7.52. The first-order chi connectivity index (χ1) is 5.65. The van der Waals surface area contributed by atoms with E-state index in [-0.39, 0.29) is 5.78 Å². The van der Waals surface area contributed by atoms with Crippen molar-refractivity contribution in [1.29, 1.82) is 0 Å². The van der Waals surface area contributed by atoms with Crippen LogP contribution in [0, 0.1) is 0 Å². The Bertz CT molecular complexity index is 301. The first kappa shape index (κ1) is 9.13. The maximum Gasteiger partial charge on any atom is 0.204 e. The molecule has 64 valence electrons. The number of thiazole rings is 1. The van der Waals surface area contributed by atoms with Crippen LogP contribution < -0.4 is 0 Å². The number of hydrogen-bond donors (Lipinski definition) is 0. The quantitative estimate of drug-likeness (QED) is 0.530. The van der Waals surface area contributed by atoms with Gasteiger partial charge in [-0.25, -0.2) is 4.98 Å². The summed E-state index contributed by atoms with van der Waals surface area (Å²) in [5.41, 5.74) is 0.513. The minimum atomic E-state index is -0.0989. The molecule has 0 saturated carbocycles. The van der Waals surface area contributed by atoms with Crippen LogP contribution >= 0.6 is 11.3 Å². The number of nitrogens with zero attached hydrogens (tertiary/aromatic N) is 1. The Hall–Kier alpha value is -0.960. The number of allylic oxidation sites excluding steroid dienone is 1. The fourth-order valence-electron chi connectivity index (χ4n) is 0.771. The molecule has 0 amide bonds. The molecule has 0 N–H and O–H groups in total. The van der Waals surface area contributed by atoms with Crippen molar-refractivity contribution in [2.24, 2.45) is 0 Å². The Labute approximate surface area is 76.0 Å². The molecule has 0 atom stereocenters. The monoisotopic (exact) mass is 181 g/mol. The number of hydrogen-bond acceptors (Lipinski definition) is 3. The number of rotatable bonds is 3. The average molecular weight is 181 g/mol. The molecular weight excluding hydrogens is 170 g/mol. The van der Waals surface area contributed by atoms with Gasteiger partial charge in [-0.2, -0.15) is 0 Å². The summed E-state index contributed by atoms with van der Waals surface area (Å²) in [4.78, 5) is 15.3. The second kappa shape index (κ2) is 3.63. The third-order valence-corrected chi connectivity index (χ3v) is 2.60. The number of carbonyl (C=O) groups excluding carboxylic acids is 1. The van der Waals surface area contributed by atoms with Gasteiger partial charge in [-0.05, 0) is 6.08 Å². The summed E-state index contributed by atoms with van der Waals surface area (Å²) >= 11 is 1.52. The molecule has 0 unspecified atom stereocenters. The summed E-state index contributed by atoms with van der Waals surface area (Å²) in [7, 11) is 0. The number of ketones is 1. The molecule has 0 radical (unpaired) electrons. The zero-order valence-electron chi connectivity index (χ0n) is 7.20. The van der Waals surface area contributed by atoms with E-state index in [2.05, 4.69) is 25.4 Å². The van der Waals surface area contributed by atoms with Gasteiger partial charge in [0.1, 0.15) is 5.69 Å². The molecule has 0 spiro atoms. The van der Waals surface area contributed by atoms with Gasteiger partial charge in [0.25, 0.3) is 0 Å². The van der Waals surface area contributed by atoms with Gasteiger partial charge in [0.15, 0.2) is 0 Å². The summed E-state index contributed by atoms with van der Waals surface area (Å²) in [5, 5.41) is 2.78. The summed E-state index contributed by atoms with van der Waals surface area (Å²) in [6.07, 6.45) is 1.29. The lowest BCUT2D eigenvalue weighted by Gasteiger charge is -1.95. The van der Waals surface area contributed by atoms with Crippen LogP contribution in [0.4, 0.5) is 0 Å². The van der Waals surface area contributed by atoms with Gasteiger partial charge in [-0.3, -0.25) is 4.79 Å². The minimum Gasteiger partial charge on any atom is -0.288 e. The highest BCUT2D eigenvalue weighted by Crippen LogP contribution is 2.19. The van der Waals surface area contributed by atoms with E-state index in [9.17, 15) is 4.79 Å². The molecule has 0 aliphatic carbocycles. The molecule has 0 fully saturated rings. The van der Waals surface area contributed by atoms with E-state index < -0.39 is 0 Å². The molecular formula is C9H11NOS. The van der Waals surface area contributed by atoms with E-state index in [0.717, 1.165) is 5.01 Å². The highest BCUT2D eigenvalue weighted by Gasteiger charge is 2.08. The first-order valence-electron chi connectivity index (χ1n) is 3.77. The van der Waals surface area contributed by atoms with Crippen LogP contribution in [-0.2, 0) is 0 Å². The Kier molecular flexibility index (Phi) is 2.76. The second-order valence-corrected chi connectivity index (χ2v) is 3.68. The van der Waals surface area contributed by atoms with E-state index in [1.807, 2.05) is 0 Å². The van der Waals surface area contributed by atoms with Crippen molar-refractivity contribution in [3.05, 3.63) is 28.7 Å². The van der Waals surface area contributed by atoms with Gasteiger partial charge in [0.2, 0.25) is 5.78 Å². The van der Waals surface area contributed by atoms with Gasteiger partial charge in [0, 0.05) is 11.3 Å². The standard InChI is InChI=1S/C9H11NOS/c1-4-8(11)7-5-12-9(10-7)6(2)3/h4-6H,1H2,2-3H3. The number of carbonyl (C=O) groups is 1. The number of aromatic nitrogens is 1. The van der Waals surface area contributed by atoms with Crippen molar-refractivity contribution in [3.63, 3.8) is 0 Å². The molecule has 0 aliphatic rings. The van der Waals surface area contributed by atoms with Crippen molar-refractivity contribution in [2.45, 2.75) is 19.8 Å². The molecule has 0 aromatic carbocycles. The van der Waals surface area contributed by atoms with Crippen LogP contribution in [0.3, 0.4) is 0 Å². The summed E-state index contributed by atoms with van der Waals surface area (Å²) < 4.78 is 0. The van der Waals surface area contributed by atoms with Crippen LogP contribution in [0.1, 0.15) is 35.3 Å². The van der Waals surface area contributed by atoms with Gasteiger partial charge >= 0.3 is 0 Å². The maximum absolute atomic E-state index is 11.1. The molecule has 0 aliphatic heterocycles. The fraction of sp³-hybridized carbons (Fsp3) is 0.333. The third kappa shape index (κ3) is 1.80. The predicted molar refractivity (Wildman–Crippen MR) is 50.7 cm³/mol. The lowest BCUT2D eigenvalue weighted by Crippen LogP contribution is -1.95. The van der Waals surface area contributed by atoms with Crippen molar-refractivity contribution < 1.29 is 4.79 Å². The van der Waals surface area contributed by atoms with Crippen molar-refractivity contribution in [1.82, 2.24) is 4.98 Å². The molecule has 12 heavy (non-hydrogen) atoms. The Morgan fingerprint density at radius 2 is 2.42 bits per heavy atom. The van der Waals surface area contributed by atoms with Crippen molar-refractivity contribution >= 4 is 17.1 Å². The van der Waals surface area contributed by atoms with E-state index in [1.54, 1.807) is 5.38 Å². The summed E-state index contributed by atoms with van der Waals surface area (Å²) in [5.74, 6) is 0.291. The van der Waals surface area contributed by atoms with Gasteiger partial charge in [0.05, 0.1) is 5.01 Å². The zero-order valence-corrected chi connectivity index (χ0v) is 8.02. The molecule has 1 rings (SSSR count). The van der Waals surface area contributed by atoms with Crippen LogP contribution in [-0.4, -0.2) is 10.8 Å². The highest BCUT2D eigenvalue weighted by atomic mass is 32.1. The maximum atomic E-state index is 11.1. The zero-order chi connectivity index (χ0) is 9.14. The van der Waals surface area contributed by atoms with Crippen molar-refractivity contribution in [2.75, 3.05) is 0 Å².